The Morgan fingerprint density at radius 3 is 2.55 bits per heavy atom. The number of carbonyl (C=O) groups is 1. The van der Waals surface area contributed by atoms with Gasteiger partial charge in [-0.3, -0.25) is 4.79 Å². The van der Waals surface area contributed by atoms with E-state index in [1.807, 2.05) is 31.2 Å². The van der Waals surface area contributed by atoms with Crippen molar-refractivity contribution >= 4 is 5.91 Å². The van der Waals surface area contributed by atoms with Crippen molar-refractivity contribution in [1.29, 1.82) is 0 Å². The molecular weight excluding hydrogens is 254 g/mol. The molecule has 104 valence electrons. The van der Waals surface area contributed by atoms with Crippen LogP contribution in [0, 0.1) is 6.92 Å². The lowest BCUT2D eigenvalue weighted by atomic mass is 10.1. The first-order chi connectivity index (χ1) is 9.61. The molecule has 0 spiro atoms. The molecule has 2 aromatic carbocycles. The van der Waals surface area contributed by atoms with Crippen LogP contribution < -0.4 is 15.2 Å². The van der Waals surface area contributed by atoms with Crippen LogP contribution in [0.2, 0.25) is 0 Å². The van der Waals surface area contributed by atoms with Gasteiger partial charge in [-0.1, -0.05) is 18.2 Å². The molecule has 20 heavy (non-hydrogen) atoms. The smallest absolute Gasteiger partial charge is 0.248 e. The number of rotatable bonds is 5. The summed E-state index contributed by atoms with van der Waals surface area (Å²) < 4.78 is 11.0. The van der Waals surface area contributed by atoms with E-state index in [4.69, 9.17) is 15.2 Å². The van der Waals surface area contributed by atoms with Crippen molar-refractivity contribution in [1.82, 2.24) is 0 Å². The van der Waals surface area contributed by atoms with Crippen LogP contribution in [0.1, 0.15) is 21.5 Å². The highest BCUT2D eigenvalue weighted by atomic mass is 16.5. The van der Waals surface area contributed by atoms with Crippen molar-refractivity contribution in [3.8, 4) is 11.5 Å². The maximum absolute atomic E-state index is 11.2. The predicted molar refractivity (Wildman–Crippen MR) is 77.0 cm³/mol. The summed E-state index contributed by atoms with van der Waals surface area (Å²) in [5.74, 6) is 1.01. The number of nitrogens with two attached hydrogens (primary N) is 1. The van der Waals surface area contributed by atoms with E-state index in [0.29, 0.717) is 17.9 Å². The summed E-state index contributed by atoms with van der Waals surface area (Å²) in [6.45, 7) is 2.29. The first-order valence-electron chi connectivity index (χ1n) is 6.27. The van der Waals surface area contributed by atoms with Gasteiger partial charge in [0.2, 0.25) is 5.91 Å². The summed E-state index contributed by atoms with van der Waals surface area (Å²) in [5, 5.41) is 0. The van der Waals surface area contributed by atoms with E-state index in [2.05, 4.69) is 0 Å². The quantitative estimate of drug-likeness (QED) is 0.909. The third-order valence-corrected chi connectivity index (χ3v) is 3.04. The van der Waals surface area contributed by atoms with Crippen LogP contribution in [0.5, 0.6) is 11.5 Å². The summed E-state index contributed by atoms with van der Waals surface area (Å²) in [7, 11) is 1.58. The van der Waals surface area contributed by atoms with Gasteiger partial charge >= 0.3 is 0 Å². The minimum atomic E-state index is -0.468. The zero-order valence-electron chi connectivity index (χ0n) is 11.6. The highest BCUT2D eigenvalue weighted by molar-refractivity contribution is 5.93. The lowest BCUT2D eigenvalue weighted by molar-refractivity contribution is 0.1000. The zero-order chi connectivity index (χ0) is 14.5. The van der Waals surface area contributed by atoms with Gasteiger partial charge in [0.25, 0.3) is 0 Å². The average Bonchev–Trinajstić information content (AvgIpc) is 2.46. The fraction of sp³-hybridized carbons (Fsp3) is 0.188. The van der Waals surface area contributed by atoms with Crippen LogP contribution >= 0.6 is 0 Å². The number of methoxy groups -OCH3 is 1. The number of amides is 1. The summed E-state index contributed by atoms with van der Waals surface area (Å²) in [5.41, 5.74) is 7.56. The molecule has 2 N–H and O–H groups in total. The summed E-state index contributed by atoms with van der Waals surface area (Å²) >= 11 is 0. The molecule has 0 aliphatic heterocycles. The average molecular weight is 271 g/mol. The lowest BCUT2D eigenvalue weighted by Crippen LogP contribution is -2.12. The number of carbonyl (C=O) groups excluding carboxylic acids is 1. The number of primary amides is 1. The number of para-hydroxylation sites is 1. The van der Waals surface area contributed by atoms with Crippen LogP contribution in [0.25, 0.3) is 0 Å². The Balaban J connectivity index is 2.22. The Labute approximate surface area is 118 Å². The summed E-state index contributed by atoms with van der Waals surface area (Å²) in [6, 6.07) is 12.8. The molecule has 2 rings (SSSR count). The summed E-state index contributed by atoms with van der Waals surface area (Å²) in [6.07, 6.45) is 0. The molecule has 0 atom stereocenters. The van der Waals surface area contributed by atoms with E-state index in [1.165, 1.54) is 0 Å². The molecule has 0 radical (unpaired) electrons. The van der Waals surface area contributed by atoms with Crippen molar-refractivity contribution in [2.75, 3.05) is 7.11 Å². The SMILES string of the molecule is COc1ccc(C(N)=O)cc1COc1ccccc1C. The van der Waals surface area contributed by atoms with Gasteiger partial charge in [0.05, 0.1) is 7.11 Å². The molecule has 0 heterocycles. The van der Waals surface area contributed by atoms with Crippen molar-refractivity contribution in [2.24, 2.45) is 5.73 Å². The Bertz CT molecular complexity index is 623. The zero-order valence-corrected chi connectivity index (χ0v) is 11.6. The van der Waals surface area contributed by atoms with Gasteiger partial charge in [-0.25, -0.2) is 0 Å². The molecule has 2 aromatic rings. The first-order valence-corrected chi connectivity index (χ1v) is 6.27. The van der Waals surface area contributed by atoms with Crippen LogP contribution in [-0.4, -0.2) is 13.0 Å². The molecule has 1 amide bonds. The Kier molecular flexibility index (Phi) is 4.25. The number of hydrogen-bond donors (Lipinski definition) is 1. The van der Waals surface area contributed by atoms with E-state index in [9.17, 15) is 4.79 Å². The van der Waals surface area contributed by atoms with Gasteiger partial charge in [-0.2, -0.15) is 0 Å². The largest absolute Gasteiger partial charge is 0.496 e. The molecule has 4 heteroatoms. The van der Waals surface area contributed by atoms with E-state index >= 15 is 0 Å². The van der Waals surface area contributed by atoms with Gasteiger partial charge in [0.15, 0.2) is 0 Å². The molecule has 0 fully saturated rings. The predicted octanol–water partition coefficient (Wildman–Crippen LogP) is 2.68. The van der Waals surface area contributed by atoms with E-state index in [0.717, 1.165) is 16.9 Å². The van der Waals surface area contributed by atoms with Gasteiger partial charge in [0, 0.05) is 11.1 Å². The highest BCUT2D eigenvalue weighted by Gasteiger charge is 2.09. The number of benzene rings is 2. The Morgan fingerprint density at radius 2 is 1.90 bits per heavy atom. The first kappa shape index (κ1) is 13.9. The van der Waals surface area contributed by atoms with Crippen LogP contribution in [0.15, 0.2) is 42.5 Å². The van der Waals surface area contributed by atoms with Gasteiger partial charge in [-0.15, -0.1) is 0 Å². The number of hydrogen-bond acceptors (Lipinski definition) is 3. The van der Waals surface area contributed by atoms with Crippen molar-refractivity contribution in [3.63, 3.8) is 0 Å². The molecule has 0 aliphatic rings. The van der Waals surface area contributed by atoms with Crippen LogP contribution in [0.4, 0.5) is 0 Å². The van der Waals surface area contributed by atoms with Crippen molar-refractivity contribution < 1.29 is 14.3 Å². The standard InChI is InChI=1S/C16H17NO3/c1-11-5-3-4-6-14(11)20-10-13-9-12(16(17)18)7-8-15(13)19-2/h3-9H,10H2,1-2H3,(H2,17,18). The maximum atomic E-state index is 11.2. The molecular formula is C16H17NO3. The molecule has 0 saturated heterocycles. The van der Waals surface area contributed by atoms with Gasteiger partial charge < -0.3 is 15.2 Å². The lowest BCUT2D eigenvalue weighted by Gasteiger charge is -2.12. The fourth-order valence-corrected chi connectivity index (χ4v) is 1.92. The molecule has 0 aromatic heterocycles. The maximum Gasteiger partial charge on any atom is 0.248 e. The Hall–Kier alpha value is -2.49. The van der Waals surface area contributed by atoms with E-state index < -0.39 is 5.91 Å². The Morgan fingerprint density at radius 1 is 1.15 bits per heavy atom. The monoisotopic (exact) mass is 271 g/mol. The normalized spacial score (nSPS) is 10.1. The molecule has 0 aliphatic carbocycles. The number of aryl methyl sites for hydroxylation is 1. The molecule has 0 bridgehead atoms. The second kappa shape index (κ2) is 6.10. The molecule has 4 nitrogen and oxygen atoms in total. The number of ether oxygens (including phenoxy) is 2. The third-order valence-electron chi connectivity index (χ3n) is 3.04. The minimum Gasteiger partial charge on any atom is -0.496 e. The second-order valence-corrected chi connectivity index (χ2v) is 4.45. The highest BCUT2D eigenvalue weighted by Crippen LogP contribution is 2.23. The minimum absolute atomic E-state index is 0.315. The van der Waals surface area contributed by atoms with Crippen molar-refractivity contribution in [3.05, 3.63) is 59.2 Å². The van der Waals surface area contributed by atoms with Crippen LogP contribution in [-0.2, 0) is 6.61 Å². The second-order valence-electron chi connectivity index (χ2n) is 4.45. The third kappa shape index (κ3) is 3.09. The molecule has 0 saturated carbocycles. The van der Waals surface area contributed by atoms with E-state index in [1.54, 1.807) is 25.3 Å². The van der Waals surface area contributed by atoms with E-state index in [-0.39, 0.29) is 0 Å². The topological polar surface area (TPSA) is 61.5 Å². The van der Waals surface area contributed by atoms with Gasteiger partial charge in [0.1, 0.15) is 18.1 Å². The fourth-order valence-electron chi connectivity index (χ4n) is 1.92. The molecule has 0 unspecified atom stereocenters. The van der Waals surface area contributed by atoms with Crippen LogP contribution in [0.3, 0.4) is 0 Å². The van der Waals surface area contributed by atoms with Gasteiger partial charge in [-0.05, 0) is 36.8 Å². The van der Waals surface area contributed by atoms with Crippen molar-refractivity contribution in [2.45, 2.75) is 13.5 Å². The summed E-state index contributed by atoms with van der Waals surface area (Å²) in [4.78, 5) is 11.2.